The van der Waals surface area contributed by atoms with Gasteiger partial charge in [-0.05, 0) is 43.4 Å². The van der Waals surface area contributed by atoms with E-state index in [2.05, 4.69) is 47.4 Å². The molecule has 0 bridgehead atoms. The topological polar surface area (TPSA) is 105 Å². The monoisotopic (exact) mass is 515 g/mol. The minimum Gasteiger partial charge on any atom is -0.493 e. The molecule has 1 atom stereocenters. The number of allylic oxidation sites excluding steroid dienone is 4. The summed E-state index contributed by atoms with van der Waals surface area (Å²) < 4.78 is 6.94. The molecule has 1 aromatic carbocycles. The zero-order valence-corrected chi connectivity index (χ0v) is 21.9. The lowest BCUT2D eigenvalue weighted by Gasteiger charge is -2.14. The number of thiazole rings is 1. The van der Waals surface area contributed by atoms with Gasteiger partial charge in [-0.15, -0.1) is 11.3 Å². The van der Waals surface area contributed by atoms with Gasteiger partial charge in [0.25, 0.3) is 0 Å². The maximum atomic E-state index is 9.48. The number of halogens is 1. The lowest BCUT2D eigenvalue weighted by Crippen LogP contribution is -2.21. The van der Waals surface area contributed by atoms with Crippen LogP contribution in [0.15, 0.2) is 58.3 Å². The molecule has 35 heavy (non-hydrogen) atoms. The SMILES string of the molecule is CC/C=C\C=C/CCOc1ccc2nc(C3=C(NCCC(CC)CO)N=C(N)N=C(Cl)C3)sc2c1. The molecular formula is C26H34ClN5O2S. The average molecular weight is 516 g/mol. The fraction of sp³-hybridized carbons (Fsp3) is 0.423. The lowest BCUT2D eigenvalue weighted by atomic mass is 10.0. The first kappa shape index (κ1) is 26.9. The van der Waals surface area contributed by atoms with Crippen molar-refractivity contribution in [2.45, 2.75) is 46.0 Å². The molecule has 1 unspecified atom stereocenters. The van der Waals surface area contributed by atoms with Crippen LogP contribution in [0.5, 0.6) is 5.75 Å². The van der Waals surface area contributed by atoms with Crippen LogP contribution in [-0.2, 0) is 0 Å². The van der Waals surface area contributed by atoms with Crippen molar-refractivity contribution < 1.29 is 9.84 Å². The van der Waals surface area contributed by atoms with Gasteiger partial charge in [-0.1, -0.05) is 56.2 Å². The van der Waals surface area contributed by atoms with Crippen LogP contribution in [0.3, 0.4) is 0 Å². The van der Waals surface area contributed by atoms with E-state index in [4.69, 9.17) is 27.1 Å². The summed E-state index contributed by atoms with van der Waals surface area (Å²) in [4.78, 5) is 13.4. The first-order valence-corrected chi connectivity index (χ1v) is 13.2. The third kappa shape index (κ3) is 8.19. The Kier molecular flexibility index (Phi) is 10.8. The van der Waals surface area contributed by atoms with Crippen molar-refractivity contribution in [1.29, 1.82) is 0 Å². The number of nitrogens with zero attached hydrogens (tertiary/aromatic N) is 3. The van der Waals surface area contributed by atoms with Crippen LogP contribution in [0.25, 0.3) is 15.8 Å². The number of guanidine groups is 1. The van der Waals surface area contributed by atoms with E-state index in [1.807, 2.05) is 24.3 Å². The number of nitrogens with two attached hydrogens (primary N) is 1. The normalized spacial score (nSPS) is 15.5. The molecule has 1 aliphatic rings. The molecule has 4 N–H and O–H groups in total. The predicted molar refractivity (Wildman–Crippen MR) is 148 cm³/mol. The smallest absolute Gasteiger partial charge is 0.223 e. The molecule has 0 spiro atoms. The van der Waals surface area contributed by atoms with Gasteiger partial charge < -0.3 is 20.9 Å². The maximum Gasteiger partial charge on any atom is 0.223 e. The van der Waals surface area contributed by atoms with Crippen molar-refractivity contribution in [3.05, 3.63) is 53.3 Å². The van der Waals surface area contributed by atoms with E-state index in [9.17, 15) is 5.11 Å². The second-order valence-corrected chi connectivity index (χ2v) is 9.65. The van der Waals surface area contributed by atoms with Crippen LogP contribution in [-0.4, -0.2) is 41.0 Å². The van der Waals surface area contributed by atoms with E-state index < -0.39 is 0 Å². The van der Waals surface area contributed by atoms with Crippen molar-refractivity contribution in [2.24, 2.45) is 21.6 Å². The molecule has 0 radical (unpaired) electrons. The highest BCUT2D eigenvalue weighted by molar-refractivity contribution is 7.19. The summed E-state index contributed by atoms with van der Waals surface area (Å²) in [5, 5.41) is 14.0. The Hall–Kier alpha value is -2.68. The number of aliphatic hydroxyl groups excluding tert-OH is 1. The number of nitrogens with one attached hydrogen (secondary N) is 1. The van der Waals surface area contributed by atoms with Gasteiger partial charge >= 0.3 is 0 Å². The summed E-state index contributed by atoms with van der Waals surface area (Å²) in [6.45, 7) is 5.61. The Bertz CT molecular complexity index is 1130. The van der Waals surface area contributed by atoms with Gasteiger partial charge in [0, 0.05) is 25.1 Å². The Morgan fingerprint density at radius 3 is 2.86 bits per heavy atom. The minimum atomic E-state index is 0.109. The summed E-state index contributed by atoms with van der Waals surface area (Å²) in [6, 6.07) is 5.93. The van der Waals surface area contributed by atoms with E-state index in [0.29, 0.717) is 30.6 Å². The molecular weight excluding hydrogens is 482 g/mol. The zero-order valence-electron chi connectivity index (χ0n) is 20.3. The molecule has 0 amide bonds. The Labute approximate surface area is 216 Å². The highest BCUT2D eigenvalue weighted by atomic mass is 35.5. The van der Waals surface area contributed by atoms with Crippen LogP contribution in [0.2, 0.25) is 0 Å². The number of benzene rings is 1. The fourth-order valence-corrected chi connectivity index (χ4v) is 4.76. The molecule has 0 aliphatic carbocycles. The second kappa shape index (κ2) is 14.0. The largest absolute Gasteiger partial charge is 0.493 e. The number of hydrogen-bond donors (Lipinski definition) is 3. The molecule has 0 saturated carbocycles. The van der Waals surface area contributed by atoms with E-state index >= 15 is 0 Å². The fourth-order valence-electron chi connectivity index (χ4n) is 3.50. The minimum absolute atomic E-state index is 0.109. The Balaban J connectivity index is 1.77. The van der Waals surface area contributed by atoms with Gasteiger partial charge in [0.1, 0.15) is 21.7 Å². The summed E-state index contributed by atoms with van der Waals surface area (Å²) in [6.07, 6.45) is 12.3. The first-order chi connectivity index (χ1) is 17.0. The summed E-state index contributed by atoms with van der Waals surface area (Å²) >= 11 is 7.89. The Morgan fingerprint density at radius 1 is 1.26 bits per heavy atom. The second-order valence-electron chi connectivity index (χ2n) is 8.18. The zero-order chi connectivity index (χ0) is 25.0. The van der Waals surface area contributed by atoms with Crippen LogP contribution in [0.1, 0.15) is 51.0 Å². The lowest BCUT2D eigenvalue weighted by molar-refractivity contribution is 0.215. The molecule has 1 aromatic heterocycles. The number of aliphatic hydroxyl groups is 1. The maximum absolute atomic E-state index is 9.48. The van der Waals surface area contributed by atoms with E-state index in [0.717, 1.165) is 52.2 Å². The van der Waals surface area contributed by atoms with Gasteiger partial charge in [-0.25, -0.2) is 9.98 Å². The number of fused-ring (bicyclic) bond motifs is 1. The molecule has 188 valence electrons. The van der Waals surface area contributed by atoms with Gasteiger partial charge in [0.15, 0.2) is 0 Å². The molecule has 1 aliphatic heterocycles. The number of ether oxygens (including phenoxy) is 1. The van der Waals surface area contributed by atoms with Crippen LogP contribution in [0, 0.1) is 5.92 Å². The molecule has 0 saturated heterocycles. The van der Waals surface area contributed by atoms with Gasteiger partial charge in [0.2, 0.25) is 5.96 Å². The van der Waals surface area contributed by atoms with Crippen LogP contribution in [0.4, 0.5) is 0 Å². The van der Waals surface area contributed by atoms with Crippen LogP contribution < -0.4 is 15.8 Å². The molecule has 9 heteroatoms. The highest BCUT2D eigenvalue weighted by Crippen LogP contribution is 2.34. The third-order valence-electron chi connectivity index (χ3n) is 5.54. The van der Waals surface area contributed by atoms with Gasteiger partial charge in [-0.2, -0.15) is 4.99 Å². The van der Waals surface area contributed by atoms with E-state index in [1.165, 1.54) is 0 Å². The van der Waals surface area contributed by atoms with Crippen molar-refractivity contribution in [2.75, 3.05) is 19.8 Å². The summed E-state index contributed by atoms with van der Waals surface area (Å²) in [5.74, 6) is 1.78. The van der Waals surface area contributed by atoms with Gasteiger partial charge in [-0.3, -0.25) is 0 Å². The van der Waals surface area contributed by atoms with E-state index in [-0.39, 0.29) is 18.5 Å². The molecule has 2 aromatic rings. The molecule has 2 heterocycles. The Morgan fingerprint density at radius 2 is 2.09 bits per heavy atom. The van der Waals surface area contributed by atoms with E-state index in [1.54, 1.807) is 11.3 Å². The summed E-state index contributed by atoms with van der Waals surface area (Å²) in [5.41, 5.74) is 7.68. The van der Waals surface area contributed by atoms with Crippen molar-refractivity contribution in [1.82, 2.24) is 10.3 Å². The summed E-state index contributed by atoms with van der Waals surface area (Å²) in [7, 11) is 0. The third-order valence-corrected chi connectivity index (χ3v) is 6.84. The van der Waals surface area contributed by atoms with Gasteiger partial charge in [0.05, 0.1) is 16.8 Å². The first-order valence-electron chi connectivity index (χ1n) is 12.0. The van der Waals surface area contributed by atoms with Crippen LogP contribution >= 0.6 is 22.9 Å². The molecule has 0 fully saturated rings. The standard InChI is InChI=1S/C26H34ClN5O2S/c1-3-5-6-7-8-9-14-34-19-10-11-21-22(15-19)35-25(30-21)20-16-23(27)31-26(28)32-24(20)29-13-12-18(4-2)17-33/h5-8,10-11,15,18,29,33H,3-4,9,12-14,16-17H2,1-2H3,(H2,28,32)/b6-5-,8-7-. The van der Waals surface area contributed by atoms with Crippen molar-refractivity contribution in [3.8, 4) is 5.75 Å². The number of hydrogen-bond acceptors (Lipinski definition) is 8. The predicted octanol–water partition coefficient (Wildman–Crippen LogP) is 5.61. The number of aromatic nitrogens is 1. The van der Waals surface area contributed by atoms with Crippen molar-refractivity contribution in [3.63, 3.8) is 0 Å². The average Bonchev–Trinajstić information content (AvgIpc) is 3.20. The number of rotatable bonds is 13. The number of aliphatic imine (C=N–C) groups is 2. The highest BCUT2D eigenvalue weighted by Gasteiger charge is 2.20. The van der Waals surface area contributed by atoms with Crippen molar-refractivity contribution >= 4 is 49.9 Å². The molecule has 7 nitrogen and oxygen atoms in total. The molecule has 3 rings (SSSR count). The quantitative estimate of drug-likeness (QED) is 0.237.